The van der Waals surface area contributed by atoms with Crippen molar-refractivity contribution in [1.82, 2.24) is 0 Å². The van der Waals surface area contributed by atoms with E-state index >= 15 is 0 Å². The summed E-state index contributed by atoms with van der Waals surface area (Å²) in [5.41, 5.74) is 6.07. The van der Waals surface area contributed by atoms with Crippen molar-refractivity contribution in [3.63, 3.8) is 0 Å². The summed E-state index contributed by atoms with van der Waals surface area (Å²) < 4.78 is 25.6. The minimum absolute atomic E-state index is 0.0428. The number of nitrogens with two attached hydrogens (primary N) is 1. The van der Waals surface area contributed by atoms with Gasteiger partial charge >= 0.3 is 0 Å². The van der Waals surface area contributed by atoms with Crippen LogP contribution in [-0.2, 0) is 0 Å². The second kappa shape index (κ2) is 6.19. The molecule has 1 aliphatic carbocycles. The minimum Gasteiger partial charge on any atom is -0.388 e. The lowest BCUT2D eigenvalue weighted by Crippen LogP contribution is -2.34. The predicted molar refractivity (Wildman–Crippen MR) is 75.5 cm³/mol. The molecule has 2 nitrogen and oxygen atoms in total. The van der Waals surface area contributed by atoms with E-state index in [1.54, 1.807) is 12.1 Å². The van der Waals surface area contributed by atoms with Gasteiger partial charge < -0.3 is 10.8 Å². The average molecular weight is 283 g/mol. The summed E-state index contributed by atoms with van der Waals surface area (Å²) in [5.74, 6) is 0.575. The predicted octanol–water partition coefficient (Wildman–Crippen LogP) is 3.81. The van der Waals surface area contributed by atoms with E-state index in [0.29, 0.717) is 18.0 Å². The van der Waals surface area contributed by atoms with E-state index in [0.717, 1.165) is 25.7 Å². The second-order valence-electron chi connectivity index (χ2n) is 5.96. The van der Waals surface area contributed by atoms with Crippen LogP contribution in [0.25, 0.3) is 0 Å². The molecule has 1 aliphatic rings. The molecule has 3 unspecified atom stereocenters. The minimum atomic E-state index is -2.51. The molecule has 0 aromatic heterocycles. The maximum atomic E-state index is 12.8. The average Bonchev–Trinajstić information content (AvgIpc) is 2.91. The van der Waals surface area contributed by atoms with Gasteiger partial charge in [-0.3, -0.25) is 0 Å². The molecule has 0 aliphatic heterocycles. The first-order valence-corrected chi connectivity index (χ1v) is 7.28. The first-order chi connectivity index (χ1) is 9.52. The number of aliphatic hydroxyl groups is 1. The van der Waals surface area contributed by atoms with Crippen LogP contribution in [0.2, 0.25) is 0 Å². The van der Waals surface area contributed by atoms with Gasteiger partial charge in [0, 0.05) is 17.5 Å². The second-order valence-corrected chi connectivity index (χ2v) is 5.96. The largest absolute Gasteiger partial charge is 0.388 e. The van der Waals surface area contributed by atoms with Gasteiger partial charge in [-0.25, -0.2) is 8.78 Å². The Morgan fingerprint density at radius 2 is 2.10 bits per heavy atom. The van der Waals surface area contributed by atoms with E-state index in [2.05, 4.69) is 6.92 Å². The molecule has 3 atom stereocenters. The topological polar surface area (TPSA) is 46.2 Å². The van der Waals surface area contributed by atoms with Crippen molar-refractivity contribution in [2.45, 2.75) is 45.1 Å². The van der Waals surface area contributed by atoms with E-state index in [9.17, 15) is 13.9 Å². The summed E-state index contributed by atoms with van der Waals surface area (Å²) in [5, 5.41) is 10.7. The van der Waals surface area contributed by atoms with Gasteiger partial charge in [-0.15, -0.1) is 0 Å². The molecule has 1 aromatic rings. The Kier molecular flexibility index (Phi) is 4.76. The molecule has 1 fully saturated rings. The van der Waals surface area contributed by atoms with Gasteiger partial charge in [0.2, 0.25) is 0 Å². The van der Waals surface area contributed by atoms with Gasteiger partial charge in [0.05, 0.1) is 6.10 Å². The van der Waals surface area contributed by atoms with Gasteiger partial charge in [-0.05, 0) is 36.8 Å². The van der Waals surface area contributed by atoms with Crippen LogP contribution in [0.15, 0.2) is 24.3 Å². The first kappa shape index (κ1) is 15.4. The zero-order valence-electron chi connectivity index (χ0n) is 11.9. The molecule has 3 N–H and O–H groups in total. The van der Waals surface area contributed by atoms with E-state index in [1.165, 1.54) is 12.1 Å². The quantitative estimate of drug-likeness (QED) is 0.863. The smallest absolute Gasteiger partial charge is 0.263 e. The van der Waals surface area contributed by atoms with Gasteiger partial charge in [0.15, 0.2) is 0 Å². The third-order valence-electron chi connectivity index (χ3n) is 4.79. The van der Waals surface area contributed by atoms with Gasteiger partial charge in [0.25, 0.3) is 6.43 Å². The van der Waals surface area contributed by atoms with Crippen LogP contribution in [0, 0.1) is 11.3 Å². The fourth-order valence-corrected chi connectivity index (χ4v) is 3.38. The fourth-order valence-electron chi connectivity index (χ4n) is 3.38. The number of hydrogen-bond acceptors (Lipinski definition) is 2. The number of hydrogen-bond donors (Lipinski definition) is 2. The van der Waals surface area contributed by atoms with Crippen molar-refractivity contribution in [3.05, 3.63) is 35.4 Å². The van der Waals surface area contributed by atoms with Crippen LogP contribution in [0.5, 0.6) is 0 Å². The molecule has 0 spiro atoms. The number of alkyl halides is 2. The molecule has 1 aromatic carbocycles. The number of aliphatic hydroxyl groups excluding tert-OH is 1. The molecule has 0 heterocycles. The van der Waals surface area contributed by atoms with Crippen molar-refractivity contribution in [3.8, 4) is 0 Å². The Balaban J connectivity index is 2.25. The third-order valence-corrected chi connectivity index (χ3v) is 4.79. The van der Waals surface area contributed by atoms with E-state index in [1.807, 2.05) is 0 Å². The molecule has 2 rings (SSSR count). The molecule has 0 saturated heterocycles. The third kappa shape index (κ3) is 2.86. The summed E-state index contributed by atoms with van der Waals surface area (Å²) in [6.45, 7) is 2.53. The maximum Gasteiger partial charge on any atom is 0.263 e. The van der Waals surface area contributed by atoms with Crippen molar-refractivity contribution < 1.29 is 13.9 Å². The van der Waals surface area contributed by atoms with Crippen molar-refractivity contribution >= 4 is 0 Å². The molecular formula is C16H23F2NO. The molecule has 1 saturated carbocycles. The fraction of sp³-hybridized carbons (Fsp3) is 0.625. The molecule has 0 amide bonds. The zero-order chi connectivity index (χ0) is 14.8. The highest BCUT2D eigenvalue weighted by Gasteiger charge is 2.43. The van der Waals surface area contributed by atoms with Gasteiger partial charge in [0.1, 0.15) is 0 Å². The highest BCUT2D eigenvalue weighted by Crippen LogP contribution is 2.50. The lowest BCUT2D eigenvalue weighted by Gasteiger charge is -2.34. The molecule has 112 valence electrons. The highest BCUT2D eigenvalue weighted by atomic mass is 19.3. The van der Waals surface area contributed by atoms with Crippen molar-refractivity contribution in [2.75, 3.05) is 6.54 Å². The van der Waals surface area contributed by atoms with E-state index < -0.39 is 12.5 Å². The Bertz CT molecular complexity index is 452. The Morgan fingerprint density at radius 3 is 2.65 bits per heavy atom. The Labute approximate surface area is 119 Å². The molecular weight excluding hydrogens is 260 g/mol. The SMILES string of the molecule is CCC1CCC(CN)(C(O)c2cccc(C(F)F)c2)C1. The maximum absolute atomic E-state index is 12.8. The summed E-state index contributed by atoms with van der Waals surface area (Å²) in [4.78, 5) is 0. The molecule has 0 bridgehead atoms. The normalized spacial score (nSPS) is 28.0. The zero-order valence-corrected chi connectivity index (χ0v) is 11.9. The monoisotopic (exact) mass is 283 g/mol. The summed E-state index contributed by atoms with van der Waals surface area (Å²) in [6.07, 6.45) is 0.596. The molecule has 0 radical (unpaired) electrons. The van der Waals surface area contributed by atoms with Crippen LogP contribution in [0.3, 0.4) is 0 Å². The first-order valence-electron chi connectivity index (χ1n) is 7.28. The molecule has 4 heteroatoms. The van der Waals surface area contributed by atoms with Gasteiger partial charge in [-0.1, -0.05) is 31.5 Å². The number of halogens is 2. The lowest BCUT2D eigenvalue weighted by atomic mass is 9.76. The van der Waals surface area contributed by atoms with Crippen LogP contribution in [0.4, 0.5) is 8.78 Å². The van der Waals surface area contributed by atoms with Crippen molar-refractivity contribution in [1.29, 1.82) is 0 Å². The molecule has 20 heavy (non-hydrogen) atoms. The number of benzene rings is 1. The lowest BCUT2D eigenvalue weighted by molar-refractivity contribution is 0.0298. The summed E-state index contributed by atoms with van der Waals surface area (Å²) in [6, 6.07) is 6.09. The van der Waals surface area contributed by atoms with Crippen LogP contribution in [-0.4, -0.2) is 11.7 Å². The number of rotatable bonds is 5. The van der Waals surface area contributed by atoms with Crippen LogP contribution >= 0.6 is 0 Å². The summed E-state index contributed by atoms with van der Waals surface area (Å²) in [7, 11) is 0. The van der Waals surface area contributed by atoms with E-state index in [-0.39, 0.29) is 11.0 Å². The van der Waals surface area contributed by atoms with E-state index in [4.69, 9.17) is 5.73 Å². The highest BCUT2D eigenvalue weighted by molar-refractivity contribution is 5.27. The van der Waals surface area contributed by atoms with Crippen LogP contribution in [0.1, 0.15) is 56.3 Å². The van der Waals surface area contributed by atoms with Crippen LogP contribution < -0.4 is 5.73 Å². The van der Waals surface area contributed by atoms with Gasteiger partial charge in [-0.2, -0.15) is 0 Å². The summed E-state index contributed by atoms with van der Waals surface area (Å²) >= 11 is 0. The standard InChI is InChI=1S/C16H23F2NO/c1-2-11-6-7-16(9-11,10-19)14(20)12-4-3-5-13(8-12)15(17)18/h3-5,8,11,14-15,20H,2,6-7,9-10,19H2,1H3. The van der Waals surface area contributed by atoms with Crippen molar-refractivity contribution in [2.24, 2.45) is 17.1 Å². The Morgan fingerprint density at radius 1 is 1.40 bits per heavy atom. The Hall–Kier alpha value is -1.00.